The molecule has 1 aromatic carbocycles. The number of nitrogens with zero attached hydrogens (tertiary/aromatic N) is 2. The average molecular weight is 372 g/mol. The van der Waals surface area contributed by atoms with Crippen LogP contribution in [-0.2, 0) is 0 Å². The van der Waals surface area contributed by atoms with E-state index < -0.39 is 0 Å². The smallest absolute Gasteiger partial charge is 0.271 e. The van der Waals surface area contributed by atoms with Crippen LogP contribution in [0, 0.1) is 13.8 Å². The first-order valence-electron chi connectivity index (χ1n) is 7.81. The van der Waals surface area contributed by atoms with Crippen LogP contribution < -0.4 is 5.43 Å². The van der Waals surface area contributed by atoms with E-state index in [0.29, 0.717) is 9.90 Å². The number of aromatic nitrogens is 1. The van der Waals surface area contributed by atoms with Gasteiger partial charge in [0.25, 0.3) is 5.91 Å². The Kier molecular flexibility index (Phi) is 5.06. The zero-order valence-electron chi connectivity index (χ0n) is 14.2. The molecule has 0 aliphatic carbocycles. The van der Waals surface area contributed by atoms with Gasteiger partial charge in [-0.1, -0.05) is 11.6 Å². The first-order chi connectivity index (χ1) is 12.0. The maximum absolute atomic E-state index is 12.3. The van der Waals surface area contributed by atoms with Gasteiger partial charge in [0.2, 0.25) is 0 Å². The Balaban J connectivity index is 1.73. The predicted octanol–water partition coefficient (Wildman–Crippen LogP) is 4.96. The number of benzene rings is 1. The van der Waals surface area contributed by atoms with Crippen molar-refractivity contribution in [2.45, 2.75) is 20.8 Å². The summed E-state index contributed by atoms with van der Waals surface area (Å²) in [4.78, 5) is 13.2. The van der Waals surface area contributed by atoms with Gasteiger partial charge in [-0.25, -0.2) is 5.43 Å². The number of carbonyl (C=O) groups excluding carboxylic acids is 1. The van der Waals surface area contributed by atoms with Crippen LogP contribution >= 0.6 is 22.9 Å². The number of hydrazone groups is 1. The van der Waals surface area contributed by atoms with E-state index in [1.54, 1.807) is 12.1 Å². The van der Waals surface area contributed by atoms with E-state index >= 15 is 0 Å². The summed E-state index contributed by atoms with van der Waals surface area (Å²) in [6, 6.07) is 15.3. The first kappa shape index (κ1) is 17.5. The first-order valence-corrected chi connectivity index (χ1v) is 9.01. The van der Waals surface area contributed by atoms with Crippen molar-refractivity contribution in [2.24, 2.45) is 5.10 Å². The lowest BCUT2D eigenvalue weighted by atomic mass is 10.2. The lowest BCUT2D eigenvalue weighted by Crippen LogP contribution is -2.19. The second kappa shape index (κ2) is 7.25. The van der Waals surface area contributed by atoms with Crippen molar-refractivity contribution >= 4 is 34.6 Å². The van der Waals surface area contributed by atoms with Crippen LogP contribution in [0.4, 0.5) is 0 Å². The number of halogens is 1. The van der Waals surface area contributed by atoms with E-state index in [1.165, 1.54) is 11.3 Å². The molecule has 1 N–H and O–H groups in total. The molecule has 0 radical (unpaired) electrons. The van der Waals surface area contributed by atoms with Crippen molar-refractivity contribution in [3.05, 3.63) is 74.7 Å². The molecule has 6 heteroatoms. The predicted molar refractivity (Wildman–Crippen MR) is 104 cm³/mol. The van der Waals surface area contributed by atoms with Crippen molar-refractivity contribution in [3.63, 3.8) is 0 Å². The molecule has 0 fully saturated rings. The molecule has 2 heterocycles. The number of amides is 1. The van der Waals surface area contributed by atoms with E-state index in [9.17, 15) is 4.79 Å². The fraction of sp³-hybridized carbons (Fsp3) is 0.158. The third kappa shape index (κ3) is 3.83. The molecule has 0 aliphatic rings. The molecule has 1 amide bonds. The summed E-state index contributed by atoms with van der Waals surface area (Å²) in [5, 5.41) is 4.15. The summed E-state index contributed by atoms with van der Waals surface area (Å²) < 4.78 is 2.84. The minimum atomic E-state index is -0.241. The lowest BCUT2D eigenvalue weighted by Gasteiger charge is -2.10. The van der Waals surface area contributed by atoms with E-state index in [1.807, 2.05) is 31.2 Å². The van der Waals surface area contributed by atoms with Crippen molar-refractivity contribution in [1.29, 1.82) is 0 Å². The Labute approximate surface area is 155 Å². The summed E-state index contributed by atoms with van der Waals surface area (Å²) in [6.45, 7) is 5.95. The van der Waals surface area contributed by atoms with E-state index in [0.717, 1.165) is 27.7 Å². The molecular weight excluding hydrogens is 354 g/mol. The van der Waals surface area contributed by atoms with E-state index in [2.05, 4.69) is 41.1 Å². The molecule has 0 aliphatic heterocycles. The molecule has 0 saturated heterocycles. The van der Waals surface area contributed by atoms with Crippen LogP contribution in [0.1, 0.15) is 33.5 Å². The number of thiophene rings is 1. The molecule has 0 atom stereocenters. The second-order valence-corrected chi connectivity index (χ2v) is 7.46. The number of hydrogen-bond acceptors (Lipinski definition) is 3. The van der Waals surface area contributed by atoms with Crippen LogP contribution in [0.25, 0.3) is 5.69 Å². The van der Waals surface area contributed by atoms with Gasteiger partial charge in [-0.2, -0.15) is 5.10 Å². The van der Waals surface area contributed by atoms with Gasteiger partial charge in [-0.3, -0.25) is 4.79 Å². The Hall–Kier alpha value is -2.37. The summed E-state index contributed by atoms with van der Waals surface area (Å²) in [7, 11) is 0. The van der Waals surface area contributed by atoms with Gasteiger partial charge in [0.15, 0.2) is 0 Å². The normalized spacial score (nSPS) is 11.6. The molecule has 4 nitrogen and oxygen atoms in total. The summed E-state index contributed by atoms with van der Waals surface area (Å²) in [6.07, 6.45) is 0. The van der Waals surface area contributed by atoms with Crippen LogP contribution in [0.2, 0.25) is 4.34 Å². The second-order valence-electron chi connectivity index (χ2n) is 5.74. The zero-order chi connectivity index (χ0) is 18.0. The van der Waals surface area contributed by atoms with E-state index in [-0.39, 0.29) is 5.91 Å². The standard InChI is InChI=1S/C19H18ClN3OS/c1-12-4-5-13(2)23(12)16-8-6-15(7-9-16)19(24)22-21-14(3)17-10-11-18(20)25-17/h4-11H,1-3H3,(H,22,24)/b21-14+. The minimum absolute atomic E-state index is 0.241. The largest absolute Gasteiger partial charge is 0.319 e. The fourth-order valence-electron chi connectivity index (χ4n) is 2.60. The molecule has 0 bridgehead atoms. The Morgan fingerprint density at radius 1 is 1.04 bits per heavy atom. The number of nitrogens with one attached hydrogen (secondary N) is 1. The Morgan fingerprint density at radius 2 is 1.68 bits per heavy atom. The van der Waals surface area contributed by atoms with E-state index in [4.69, 9.17) is 11.6 Å². The third-order valence-corrected chi connectivity index (χ3v) is 5.25. The number of carbonyl (C=O) groups is 1. The van der Waals surface area contributed by atoms with Crippen molar-refractivity contribution in [2.75, 3.05) is 0 Å². The van der Waals surface area contributed by atoms with Crippen LogP contribution in [0.3, 0.4) is 0 Å². The van der Waals surface area contributed by atoms with Gasteiger partial charge in [-0.15, -0.1) is 11.3 Å². The zero-order valence-corrected chi connectivity index (χ0v) is 15.8. The highest BCUT2D eigenvalue weighted by Crippen LogP contribution is 2.22. The molecule has 0 saturated carbocycles. The van der Waals surface area contributed by atoms with Crippen molar-refractivity contribution in [1.82, 2.24) is 9.99 Å². The van der Waals surface area contributed by atoms with Crippen LogP contribution in [0.5, 0.6) is 0 Å². The quantitative estimate of drug-likeness (QED) is 0.511. The lowest BCUT2D eigenvalue weighted by molar-refractivity contribution is 0.0955. The van der Waals surface area contributed by atoms with Gasteiger partial charge in [0, 0.05) is 22.6 Å². The van der Waals surface area contributed by atoms with Crippen molar-refractivity contribution in [3.8, 4) is 5.69 Å². The molecule has 3 aromatic rings. The minimum Gasteiger partial charge on any atom is -0.319 e. The highest BCUT2D eigenvalue weighted by molar-refractivity contribution is 7.18. The SMILES string of the molecule is C/C(=N\NC(=O)c1ccc(-n2c(C)ccc2C)cc1)c1ccc(Cl)s1. The average Bonchev–Trinajstić information content (AvgIpc) is 3.18. The third-order valence-electron chi connectivity index (χ3n) is 3.91. The van der Waals surface area contributed by atoms with Gasteiger partial charge in [0.1, 0.15) is 0 Å². The summed E-state index contributed by atoms with van der Waals surface area (Å²) in [5.41, 5.74) is 7.22. The number of hydrogen-bond donors (Lipinski definition) is 1. The molecule has 128 valence electrons. The molecule has 3 rings (SSSR count). The molecule has 0 unspecified atom stereocenters. The number of aryl methyl sites for hydroxylation is 2. The van der Waals surface area contributed by atoms with Gasteiger partial charge in [0.05, 0.1) is 14.9 Å². The van der Waals surface area contributed by atoms with Crippen LogP contribution in [0.15, 0.2) is 53.6 Å². The summed E-state index contributed by atoms with van der Waals surface area (Å²) >= 11 is 7.34. The molecule has 2 aromatic heterocycles. The molecule has 25 heavy (non-hydrogen) atoms. The maximum atomic E-state index is 12.3. The highest BCUT2D eigenvalue weighted by Gasteiger charge is 2.08. The maximum Gasteiger partial charge on any atom is 0.271 e. The topological polar surface area (TPSA) is 46.4 Å². The van der Waals surface area contributed by atoms with Gasteiger partial charge in [-0.05, 0) is 69.3 Å². The fourth-order valence-corrected chi connectivity index (χ4v) is 3.59. The monoisotopic (exact) mass is 371 g/mol. The Bertz CT molecular complexity index is 918. The van der Waals surface area contributed by atoms with Crippen molar-refractivity contribution < 1.29 is 4.79 Å². The Morgan fingerprint density at radius 3 is 2.24 bits per heavy atom. The highest BCUT2D eigenvalue weighted by atomic mass is 35.5. The van der Waals surface area contributed by atoms with Gasteiger partial charge >= 0.3 is 0 Å². The molecular formula is C19H18ClN3OS. The molecule has 0 spiro atoms. The van der Waals surface area contributed by atoms with Gasteiger partial charge < -0.3 is 4.57 Å². The summed E-state index contributed by atoms with van der Waals surface area (Å²) in [5.74, 6) is -0.241. The van der Waals surface area contributed by atoms with Crippen LogP contribution in [-0.4, -0.2) is 16.2 Å². The number of rotatable bonds is 4.